The molecular formula is C20H21ClFNO3. The highest BCUT2D eigenvalue weighted by molar-refractivity contribution is 6.33. The Morgan fingerprint density at radius 3 is 2.38 bits per heavy atom. The molecule has 0 fully saturated rings. The number of hydrogen-bond acceptors (Lipinski definition) is 3. The summed E-state index contributed by atoms with van der Waals surface area (Å²) in [6, 6.07) is 9.62. The molecule has 1 atom stereocenters. The predicted molar refractivity (Wildman–Crippen MR) is 100 cm³/mol. The topological polar surface area (TPSA) is 55.4 Å². The molecule has 0 heterocycles. The van der Waals surface area contributed by atoms with Crippen molar-refractivity contribution in [3.63, 3.8) is 0 Å². The lowest BCUT2D eigenvalue weighted by molar-refractivity contribution is -0.123. The number of esters is 1. The van der Waals surface area contributed by atoms with Crippen molar-refractivity contribution < 1.29 is 18.7 Å². The summed E-state index contributed by atoms with van der Waals surface area (Å²) in [5.41, 5.74) is 2.20. The maximum Gasteiger partial charge on any atom is 0.343 e. The van der Waals surface area contributed by atoms with E-state index < -0.39 is 23.8 Å². The molecule has 0 unspecified atom stereocenters. The van der Waals surface area contributed by atoms with Crippen molar-refractivity contribution in [2.75, 3.05) is 5.32 Å². The van der Waals surface area contributed by atoms with Crippen molar-refractivity contribution >= 4 is 29.2 Å². The number of aryl methyl sites for hydroxylation is 1. The highest BCUT2D eigenvalue weighted by Crippen LogP contribution is 2.28. The molecule has 2 aromatic rings. The van der Waals surface area contributed by atoms with Gasteiger partial charge < -0.3 is 10.1 Å². The Balaban J connectivity index is 2.15. The molecule has 2 rings (SSSR count). The SMILES string of the molecule is Cc1cccc(C(C)C)c1NC(=O)[C@@H](C)OC(=O)c1c(F)cccc1Cl. The van der Waals surface area contributed by atoms with Gasteiger partial charge in [0.05, 0.1) is 5.02 Å². The smallest absolute Gasteiger partial charge is 0.343 e. The summed E-state index contributed by atoms with van der Waals surface area (Å²) in [4.78, 5) is 24.6. The van der Waals surface area contributed by atoms with E-state index in [0.717, 1.165) is 17.2 Å². The van der Waals surface area contributed by atoms with Crippen molar-refractivity contribution in [2.24, 2.45) is 0 Å². The average Bonchev–Trinajstić information content (AvgIpc) is 2.56. The number of para-hydroxylation sites is 1. The van der Waals surface area contributed by atoms with Crippen LogP contribution in [0.3, 0.4) is 0 Å². The third-order valence-electron chi connectivity index (χ3n) is 4.00. The van der Waals surface area contributed by atoms with Crippen LogP contribution in [0.1, 0.15) is 48.2 Å². The Morgan fingerprint density at radius 2 is 1.77 bits per heavy atom. The number of ether oxygens (including phenoxy) is 1. The zero-order valence-electron chi connectivity index (χ0n) is 15.1. The molecule has 0 spiro atoms. The first kappa shape index (κ1) is 19.9. The van der Waals surface area contributed by atoms with E-state index in [0.29, 0.717) is 5.69 Å². The highest BCUT2D eigenvalue weighted by atomic mass is 35.5. The normalized spacial score (nSPS) is 12.0. The van der Waals surface area contributed by atoms with E-state index in [2.05, 4.69) is 5.32 Å². The number of carbonyl (C=O) groups excluding carboxylic acids is 2. The highest BCUT2D eigenvalue weighted by Gasteiger charge is 2.24. The molecule has 26 heavy (non-hydrogen) atoms. The lowest BCUT2D eigenvalue weighted by atomic mass is 9.98. The van der Waals surface area contributed by atoms with E-state index >= 15 is 0 Å². The molecule has 0 aromatic heterocycles. The van der Waals surface area contributed by atoms with Gasteiger partial charge in [-0.1, -0.05) is 49.7 Å². The van der Waals surface area contributed by atoms with Gasteiger partial charge in [0.2, 0.25) is 0 Å². The predicted octanol–water partition coefficient (Wildman–Crippen LogP) is 5.09. The lowest BCUT2D eigenvalue weighted by Gasteiger charge is -2.19. The summed E-state index contributed by atoms with van der Waals surface area (Å²) in [5, 5.41) is 2.74. The molecule has 1 N–H and O–H groups in total. The summed E-state index contributed by atoms with van der Waals surface area (Å²) in [5.74, 6) is -2.07. The van der Waals surface area contributed by atoms with Crippen molar-refractivity contribution in [3.8, 4) is 0 Å². The first-order chi connectivity index (χ1) is 12.2. The van der Waals surface area contributed by atoms with Crippen molar-refractivity contribution in [2.45, 2.75) is 39.7 Å². The maximum absolute atomic E-state index is 13.8. The second-order valence-corrected chi connectivity index (χ2v) is 6.73. The molecule has 0 aliphatic carbocycles. The fourth-order valence-electron chi connectivity index (χ4n) is 2.53. The molecule has 0 saturated heterocycles. The summed E-state index contributed by atoms with van der Waals surface area (Å²) >= 11 is 5.85. The quantitative estimate of drug-likeness (QED) is 0.738. The second-order valence-electron chi connectivity index (χ2n) is 6.33. The van der Waals surface area contributed by atoms with Gasteiger partial charge in [-0.2, -0.15) is 0 Å². The van der Waals surface area contributed by atoms with Crippen molar-refractivity contribution in [3.05, 3.63) is 63.9 Å². The maximum atomic E-state index is 13.8. The first-order valence-electron chi connectivity index (χ1n) is 8.27. The number of rotatable bonds is 5. The molecule has 2 aromatic carbocycles. The Kier molecular flexibility index (Phi) is 6.37. The average molecular weight is 378 g/mol. The number of hydrogen-bond donors (Lipinski definition) is 1. The van der Waals surface area contributed by atoms with Crippen LogP contribution in [0.15, 0.2) is 36.4 Å². The molecule has 0 saturated carbocycles. The van der Waals surface area contributed by atoms with Gasteiger partial charge in [-0.25, -0.2) is 9.18 Å². The fraction of sp³-hybridized carbons (Fsp3) is 0.300. The summed E-state index contributed by atoms with van der Waals surface area (Å²) < 4.78 is 18.9. The number of halogens is 2. The van der Waals surface area contributed by atoms with E-state index in [1.165, 1.54) is 19.1 Å². The van der Waals surface area contributed by atoms with Gasteiger partial charge in [0.15, 0.2) is 6.10 Å². The van der Waals surface area contributed by atoms with Gasteiger partial charge in [-0.3, -0.25) is 4.79 Å². The van der Waals surface area contributed by atoms with Crippen molar-refractivity contribution in [1.29, 1.82) is 0 Å². The summed E-state index contributed by atoms with van der Waals surface area (Å²) in [6.07, 6.45) is -1.11. The molecule has 6 heteroatoms. The summed E-state index contributed by atoms with van der Waals surface area (Å²) in [7, 11) is 0. The number of anilines is 1. The zero-order valence-corrected chi connectivity index (χ0v) is 15.9. The zero-order chi connectivity index (χ0) is 19.4. The van der Waals surface area contributed by atoms with Gasteiger partial charge in [-0.05, 0) is 43.0 Å². The number of carbonyl (C=O) groups is 2. The molecule has 4 nitrogen and oxygen atoms in total. The summed E-state index contributed by atoms with van der Waals surface area (Å²) in [6.45, 7) is 7.36. The number of benzene rings is 2. The van der Waals surface area contributed by atoms with Gasteiger partial charge in [0, 0.05) is 5.69 Å². The monoisotopic (exact) mass is 377 g/mol. The van der Waals surface area contributed by atoms with Crippen LogP contribution in [0.2, 0.25) is 5.02 Å². The largest absolute Gasteiger partial charge is 0.449 e. The molecule has 0 bridgehead atoms. The molecule has 0 aliphatic rings. The molecular weight excluding hydrogens is 357 g/mol. The second kappa shape index (κ2) is 8.32. The Bertz CT molecular complexity index is 816. The Labute approximate surface area is 157 Å². The standard InChI is InChI=1S/C20H21ClFNO3/c1-11(2)14-8-5-7-12(3)18(14)23-19(24)13(4)26-20(25)17-15(21)9-6-10-16(17)22/h5-11,13H,1-4H3,(H,23,24)/t13-/m1/s1. The van der Waals surface area contributed by atoms with Crippen LogP contribution >= 0.6 is 11.6 Å². The minimum atomic E-state index is -1.11. The minimum absolute atomic E-state index is 0.0661. The molecule has 138 valence electrons. The van der Waals surface area contributed by atoms with Crippen LogP contribution in [0.25, 0.3) is 0 Å². The lowest BCUT2D eigenvalue weighted by Crippen LogP contribution is -2.31. The van der Waals surface area contributed by atoms with Crippen LogP contribution in [0.5, 0.6) is 0 Å². The van der Waals surface area contributed by atoms with Gasteiger partial charge in [0.25, 0.3) is 5.91 Å². The van der Waals surface area contributed by atoms with Crippen LogP contribution in [-0.4, -0.2) is 18.0 Å². The number of amides is 1. The van der Waals surface area contributed by atoms with E-state index in [4.69, 9.17) is 16.3 Å². The van der Waals surface area contributed by atoms with Gasteiger partial charge >= 0.3 is 5.97 Å². The van der Waals surface area contributed by atoms with Crippen LogP contribution in [0, 0.1) is 12.7 Å². The van der Waals surface area contributed by atoms with Crippen LogP contribution in [-0.2, 0) is 9.53 Å². The first-order valence-corrected chi connectivity index (χ1v) is 8.65. The molecule has 0 aliphatic heterocycles. The van der Waals surface area contributed by atoms with E-state index in [1.807, 2.05) is 39.0 Å². The fourth-order valence-corrected chi connectivity index (χ4v) is 2.77. The van der Waals surface area contributed by atoms with E-state index in [1.54, 1.807) is 0 Å². The van der Waals surface area contributed by atoms with Gasteiger partial charge in [0.1, 0.15) is 11.4 Å². The third kappa shape index (κ3) is 4.41. The Hall–Kier alpha value is -2.40. The van der Waals surface area contributed by atoms with Crippen LogP contribution < -0.4 is 5.32 Å². The number of nitrogens with one attached hydrogen (secondary N) is 1. The van der Waals surface area contributed by atoms with E-state index in [9.17, 15) is 14.0 Å². The third-order valence-corrected chi connectivity index (χ3v) is 4.31. The van der Waals surface area contributed by atoms with Crippen molar-refractivity contribution in [1.82, 2.24) is 0 Å². The molecule has 1 amide bonds. The van der Waals surface area contributed by atoms with Crippen LogP contribution in [0.4, 0.5) is 10.1 Å². The van der Waals surface area contributed by atoms with E-state index in [-0.39, 0.29) is 16.5 Å². The minimum Gasteiger partial charge on any atom is -0.449 e. The molecule has 0 radical (unpaired) electrons. The Morgan fingerprint density at radius 1 is 1.12 bits per heavy atom. The van der Waals surface area contributed by atoms with Gasteiger partial charge in [-0.15, -0.1) is 0 Å².